The lowest BCUT2D eigenvalue weighted by atomic mass is 10.1. The largest absolute Gasteiger partial charge is 0.318 e. The molecular formula is C9H15N5. The fraction of sp³-hybridized carbons (Fsp3) is 0.556. The molecule has 76 valence electrons. The lowest BCUT2D eigenvalue weighted by Crippen LogP contribution is -2.36. The van der Waals surface area contributed by atoms with Gasteiger partial charge in [-0.2, -0.15) is 0 Å². The molecule has 0 amide bonds. The second-order valence-corrected chi connectivity index (χ2v) is 3.47. The van der Waals surface area contributed by atoms with Crippen molar-refractivity contribution in [2.75, 3.05) is 13.6 Å². The van der Waals surface area contributed by atoms with Gasteiger partial charge in [-0.1, -0.05) is 0 Å². The molecule has 1 saturated heterocycles. The zero-order valence-corrected chi connectivity index (χ0v) is 8.20. The number of nitrogens with one attached hydrogen (secondary N) is 3. The predicted molar refractivity (Wildman–Crippen MR) is 53.4 cm³/mol. The molecule has 5 heteroatoms. The molecule has 0 radical (unpaired) electrons. The first-order valence-electron chi connectivity index (χ1n) is 4.81. The number of hydrazine groups is 1. The highest BCUT2D eigenvalue weighted by Crippen LogP contribution is 2.18. The first-order valence-corrected chi connectivity index (χ1v) is 4.81. The Morgan fingerprint density at radius 2 is 2.50 bits per heavy atom. The average Bonchev–Trinajstić information content (AvgIpc) is 2.68. The van der Waals surface area contributed by atoms with Crippen LogP contribution in [0.15, 0.2) is 18.6 Å². The van der Waals surface area contributed by atoms with E-state index in [2.05, 4.69) is 26.1 Å². The molecule has 2 atom stereocenters. The highest BCUT2D eigenvalue weighted by molar-refractivity contribution is 5.07. The quantitative estimate of drug-likeness (QED) is 0.610. The van der Waals surface area contributed by atoms with Crippen molar-refractivity contribution < 1.29 is 0 Å². The average molecular weight is 193 g/mol. The highest BCUT2D eigenvalue weighted by atomic mass is 15.4. The molecule has 0 saturated carbocycles. The second-order valence-electron chi connectivity index (χ2n) is 3.47. The topological polar surface area (TPSA) is 61.9 Å². The first-order chi connectivity index (χ1) is 6.90. The minimum Gasteiger partial charge on any atom is -0.318 e. The summed E-state index contributed by atoms with van der Waals surface area (Å²) in [6.07, 6.45) is 4.41. The Morgan fingerprint density at radius 1 is 1.57 bits per heavy atom. The number of aromatic nitrogens is 2. The van der Waals surface area contributed by atoms with Crippen molar-refractivity contribution in [2.24, 2.45) is 0 Å². The van der Waals surface area contributed by atoms with Crippen LogP contribution in [0.25, 0.3) is 0 Å². The van der Waals surface area contributed by atoms with Gasteiger partial charge in [0, 0.05) is 18.8 Å². The van der Waals surface area contributed by atoms with Gasteiger partial charge in [-0.3, -0.25) is 5.43 Å². The van der Waals surface area contributed by atoms with E-state index < -0.39 is 0 Å². The molecule has 2 unspecified atom stereocenters. The van der Waals surface area contributed by atoms with Crippen LogP contribution < -0.4 is 16.2 Å². The summed E-state index contributed by atoms with van der Waals surface area (Å²) in [6, 6.07) is 2.72. The van der Waals surface area contributed by atoms with Crippen LogP contribution in [0.3, 0.4) is 0 Å². The second kappa shape index (κ2) is 4.45. The van der Waals surface area contributed by atoms with E-state index in [4.69, 9.17) is 0 Å². The molecule has 2 rings (SSSR count). The molecule has 0 bridgehead atoms. The minimum absolute atomic E-state index is 0.302. The Bertz CT molecular complexity index is 276. The Kier molecular flexibility index (Phi) is 3.03. The summed E-state index contributed by atoms with van der Waals surface area (Å²) >= 11 is 0. The fourth-order valence-corrected chi connectivity index (χ4v) is 1.70. The van der Waals surface area contributed by atoms with Crippen LogP contribution in [-0.4, -0.2) is 29.6 Å². The Morgan fingerprint density at radius 3 is 3.21 bits per heavy atom. The standard InChI is InChI=1S/C9H15N5/c1-10-5-7-4-9(14-13-7)8-2-3-11-6-12-8/h2-3,6-7,9-10,13-14H,4-5H2,1H3. The van der Waals surface area contributed by atoms with Gasteiger partial charge in [0.15, 0.2) is 0 Å². The minimum atomic E-state index is 0.302. The lowest BCUT2D eigenvalue weighted by Gasteiger charge is -2.07. The van der Waals surface area contributed by atoms with Crippen LogP contribution in [0.5, 0.6) is 0 Å². The molecule has 1 aromatic heterocycles. The summed E-state index contributed by atoms with van der Waals surface area (Å²) in [4.78, 5) is 8.12. The highest BCUT2D eigenvalue weighted by Gasteiger charge is 2.24. The number of hydrogen-bond donors (Lipinski definition) is 3. The lowest BCUT2D eigenvalue weighted by molar-refractivity contribution is 0.522. The first kappa shape index (κ1) is 9.51. The van der Waals surface area contributed by atoms with E-state index in [-0.39, 0.29) is 0 Å². The van der Waals surface area contributed by atoms with Crippen molar-refractivity contribution in [3.05, 3.63) is 24.3 Å². The summed E-state index contributed by atoms with van der Waals surface area (Å²) in [5.74, 6) is 0. The van der Waals surface area contributed by atoms with Crippen LogP contribution in [0.1, 0.15) is 18.2 Å². The fourth-order valence-electron chi connectivity index (χ4n) is 1.70. The Balaban J connectivity index is 1.96. The SMILES string of the molecule is CNCC1CC(c2ccncn2)NN1. The molecule has 1 aliphatic heterocycles. The van der Waals surface area contributed by atoms with Crippen LogP contribution in [0.4, 0.5) is 0 Å². The van der Waals surface area contributed by atoms with E-state index in [1.54, 1.807) is 12.5 Å². The molecule has 1 aromatic rings. The molecule has 0 aromatic carbocycles. The van der Waals surface area contributed by atoms with Gasteiger partial charge in [0.2, 0.25) is 0 Å². The van der Waals surface area contributed by atoms with Crippen LogP contribution >= 0.6 is 0 Å². The number of rotatable bonds is 3. The Hall–Kier alpha value is -1.04. The molecule has 1 fully saturated rings. The molecule has 0 aliphatic carbocycles. The van der Waals surface area contributed by atoms with Gasteiger partial charge in [-0.25, -0.2) is 15.4 Å². The number of hydrogen-bond acceptors (Lipinski definition) is 5. The molecule has 1 aliphatic rings. The summed E-state index contributed by atoms with van der Waals surface area (Å²) in [5, 5.41) is 3.15. The van der Waals surface area contributed by atoms with Gasteiger partial charge in [0.05, 0.1) is 11.7 Å². The predicted octanol–water partition coefficient (Wildman–Crippen LogP) is -0.396. The van der Waals surface area contributed by atoms with E-state index >= 15 is 0 Å². The third-order valence-corrected chi connectivity index (χ3v) is 2.39. The van der Waals surface area contributed by atoms with E-state index in [1.807, 2.05) is 13.1 Å². The van der Waals surface area contributed by atoms with Gasteiger partial charge < -0.3 is 5.32 Å². The smallest absolute Gasteiger partial charge is 0.115 e. The monoisotopic (exact) mass is 193 g/mol. The zero-order valence-electron chi connectivity index (χ0n) is 8.20. The van der Waals surface area contributed by atoms with Gasteiger partial charge in [0.1, 0.15) is 6.33 Å². The molecular weight excluding hydrogens is 178 g/mol. The number of nitrogens with zero attached hydrogens (tertiary/aromatic N) is 2. The van der Waals surface area contributed by atoms with Crippen LogP contribution in [-0.2, 0) is 0 Å². The molecule has 2 heterocycles. The van der Waals surface area contributed by atoms with Crippen molar-refractivity contribution in [2.45, 2.75) is 18.5 Å². The normalized spacial score (nSPS) is 26.6. The van der Waals surface area contributed by atoms with Gasteiger partial charge in [0.25, 0.3) is 0 Å². The summed E-state index contributed by atoms with van der Waals surface area (Å²) in [5.41, 5.74) is 7.51. The summed E-state index contributed by atoms with van der Waals surface area (Å²) in [6.45, 7) is 0.967. The van der Waals surface area contributed by atoms with Gasteiger partial charge in [-0.05, 0) is 19.5 Å². The molecule has 3 N–H and O–H groups in total. The van der Waals surface area contributed by atoms with E-state index in [0.717, 1.165) is 18.7 Å². The molecule has 0 spiro atoms. The van der Waals surface area contributed by atoms with Crippen molar-refractivity contribution in [3.63, 3.8) is 0 Å². The Labute approximate surface area is 83.3 Å². The third kappa shape index (κ3) is 2.06. The van der Waals surface area contributed by atoms with Crippen molar-refractivity contribution >= 4 is 0 Å². The third-order valence-electron chi connectivity index (χ3n) is 2.39. The van der Waals surface area contributed by atoms with Crippen molar-refractivity contribution in [1.29, 1.82) is 0 Å². The van der Waals surface area contributed by atoms with Crippen LogP contribution in [0, 0.1) is 0 Å². The maximum absolute atomic E-state index is 4.22. The zero-order chi connectivity index (χ0) is 9.80. The molecule has 14 heavy (non-hydrogen) atoms. The summed E-state index contributed by atoms with van der Waals surface area (Å²) < 4.78 is 0. The van der Waals surface area contributed by atoms with E-state index in [1.165, 1.54) is 0 Å². The molecule has 5 nitrogen and oxygen atoms in total. The summed E-state index contributed by atoms with van der Waals surface area (Å²) in [7, 11) is 1.96. The van der Waals surface area contributed by atoms with E-state index in [9.17, 15) is 0 Å². The van der Waals surface area contributed by atoms with Gasteiger partial charge in [-0.15, -0.1) is 0 Å². The van der Waals surface area contributed by atoms with E-state index in [0.29, 0.717) is 12.1 Å². The maximum atomic E-state index is 4.22. The van der Waals surface area contributed by atoms with Gasteiger partial charge >= 0.3 is 0 Å². The number of likely N-dealkylation sites (N-methyl/N-ethyl adjacent to an activating group) is 1. The van der Waals surface area contributed by atoms with Crippen LogP contribution in [0.2, 0.25) is 0 Å². The van der Waals surface area contributed by atoms with Crippen molar-refractivity contribution in [1.82, 2.24) is 26.1 Å². The maximum Gasteiger partial charge on any atom is 0.115 e. The van der Waals surface area contributed by atoms with Crippen molar-refractivity contribution in [3.8, 4) is 0 Å².